The molecule has 174 valence electrons. The molecule has 5 rings (SSSR count). The second-order valence-corrected chi connectivity index (χ2v) is 8.55. The summed E-state index contributed by atoms with van der Waals surface area (Å²) in [6.07, 6.45) is 1.68. The number of nitrogens with one attached hydrogen (secondary N) is 2. The Morgan fingerprint density at radius 1 is 0.800 bits per heavy atom. The molecule has 8 heteroatoms. The predicted octanol–water partition coefficient (Wildman–Crippen LogP) is 5.22. The fourth-order valence-corrected chi connectivity index (χ4v) is 4.27. The maximum Gasteiger partial charge on any atom is 0.323 e. The van der Waals surface area contributed by atoms with Crippen LogP contribution in [-0.4, -0.2) is 21.4 Å². The Bertz CT molecular complexity index is 1450. The number of urea groups is 1. The van der Waals surface area contributed by atoms with Crippen LogP contribution in [0, 0.1) is 0 Å². The Hall–Kier alpha value is -4.36. The van der Waals surface area contributed by atoms with Crippen LogP contribution >= 0.6 is 11.6 Å². The molecule has 0 aliphatic carbocycles. The number of halogens is 1. The number of rotatable bonds is 4. The molecule has 0 saturated heterocycles. The van der Waals surface area contributed by atoms with Crippen LogP contribution in [0.15, 0.2) is 102 Å². The summed E-state index contributed by atoms with van der Waals surface area (Å²) in [7, 11) is 0. The molecule has 0 bridgehead atoms. The maximum atomic E-state index is 13.4. The first-order chi connectivity index (χ1) is 17.0. The van der Waals surface area contributed by atoms with Gasteiger partial charge >= 0.3 is 6.03 Å². The van der Waals surface area contributed by atoms with E-state index >= 15 is 0 Å². The molecule has 35 heavy (non-hydrogen) atoms. The first-order valence-electron chi connectivity index (χ1n) is 11.0. The summed E-state index contributed by atoms with van der Waals surface area (Å²) < 4.78 is 1.52. The van der Waals surface area contributed by atoms with E-state index in [9.17, 15) is 14.4 Å². The van der Waals surface area contributed by atoms with Gasteiger partial charge in [-0.3, -0.25) is 14.2 Å². The van der Waals surface area contributed by atoms with Crippen LogP contribution in [0.3, 0.4) is 0 Å². The van der Waals surface area contributed by atoms with Gasteiger partial charge in [-0.15, -0.1) is 0 Å². The van der Waals surface area contributed by atoms with E-state index in [1.807, 2.05) is 24.3 Å². The zero-order valence-corrected chi connectivity index (χ0v) is 19.3. The molecule has 3 amide bonds. The molecule has 0 spiro atoms. The van der Waals surface area contributed by atoms with Gasteiger partial charge in [-0.1, -0.05) is 41.9 Å². The normalized spacial score (nSPS) is 14.3. The number of carbonyl (C=O) groups excluding carboxylic acids is 2. The predicted molar refractivity (Wildman–Crippen MR) is 136 cm³/mol. The Balaban J connectivity index is 1.37. The third-order valence-corrected chi connectivity index (χ3v) is 6.09. The third kappa shape index (κ3) is 4.67. The molecule has 0 fully saturated rings. The number of anilines is 2. The van der Waals surface area contributed by atoms with E-state index in [-0.39, 0.29) is 17.5 Å². The number of aromatic nitrogens is 1. The Labute approximate surface area is 206 Å². The fraction of sp³-hybridized carbons (Fsp3) is 0.0741. The lowest BCUT2D eigenvalue weighted by Crippen LogP contribution is -2.39. The summed E-state index contributed by atoms with van der Waals surface area (Å²) in [5.74, 6) is -0.328. The molecule has 1 atom stereocenters. The van der Waals surface area contributed by atoms with Gasteiger partial charge in [-0.2, -0.15) is 0 Å². The summed E-state index contributed by atoms with van der Waals surface area (Å²) in [6, 6.07) is 25.0. The average Bonchev–Trinajstić information content (AvgIpc) is 3.26. The highest BCUT2D eigenvalue weighted by Crippen LogP contribution is 2.35. The molecule has 3 aromatic carbocycles. The van der Waals surface area contributed by atoms with Gasteiger partial charge < -0.3 is 15.5 Å². The highest BCUT2D eigenvalue weighted by molar-refractivity contribution is 6.30. The van der Waals surface area contributed by atoms with E-state index in [4.69, 9.17) is 11.6 Å². The minimum Gasteiger partial charge on any atom is -0.324 e. The fourth-order valence-electron chi connectivity index (χ4n) is 4.14. The quantitative estimate of drug-likeness (QED) is 0.416. The first kappa shape index (κ1) is 22.4. The van der Waals surface area contributed by atoms with Crippen molar-refractivity contribution in [3.8, 4) is 5.69 Å². The standard InChI is InChI=1S/C27H21ClN4O3/c28-19-8-10-21(11-9-19)30-27(35)32-17-18-5-1-2-6-23(18)25(32)26(34)29-20-12-14-22(15-13-20)31-16-4-3-7-24(31)33/h1-16,25H,17H2,(H,29,34)(H,30,35)/t25-/m0/s1. The van der Waals surface area contributed by atoms with Crippen molar-refractivity contribution in [3.05, 3.63) is 124 Å². The van der Waals surface area contributed by atoms with E-state index in [0.717, 1.165) is 11.1 Å². The highest BCUT2D eigenvalue weighted by Gasteiger charge is 2.38. The van der Waals surface area contributed by atoms with E-state index in [1.54, 1.807) is 66.9 Å². The van der Waals surface area contributed by atoms with Crippen molar-refractivity contribution in [2.75, 3.05) is 10.6 Å². The van der Waals surface area contributed by atoms with Gasteiger partial charge in [0, 0.05) is 40.9 Å². The van der Waals surface area contributed by atoms with Gasteiger partial charge in [-0.05, 0) is 65.7 Å². The Morgan fingerprint density at radius 3 is 2.20 bits per heavy atom. The second kappa shape index (κ2) is 9.48. The number of fused-ring (bicyclic) bond motifs is 1. The lowest BCUT2D eigenvalue weighted by molar-refractivity contribution is -0.120. The van der Waals surface area contributed by atoms with Crippen molar-refractivity contribution in [1.29, 1.82) is 0 Å². The maximum absolute atomic E-state index is 13.4. The summed E-state index contributed by atoms with van der Waals surface area (Å²) in [5.41, 5.74) is 3.38. The molecular formula is C27H21ClN4O3. The van der Waals surface area contributed by atoms with Crippen LogP contribution in [0.1, 0.15) is 17.2 Å². The van der Waals surface area contributed by atoms with Crippen LogP contribution in [-0.2, 0) is 11.3 Å². The van der Waals surface area contributed by atoms with E-state index < -0.39 is 6.04 Å². The highest BCUT2D eigenvalue weighted by atomic mass is 35.5. The molecule has 0 unspecified atom stereocenters. The molecule has 1 aliphatic rings. The van der Waals surface area contributed by atoms with Gasteiger partial charge in [-0.25, -0.2) is 4.79 Å². The molecule has 2 N–H and O–H groups in total. The number of amides is 3. The zero-order chi connectivity index (χ0) is 24.4. The summed E-state index contributed by atoms with van der Waals surface area (Å²) in [4.78, 5) is 40.1. The molecular weight excluding hydrogens is 464 g/mol. The smallest absolute Gasteiger partial charge is 0.323 e. The van der Waals surface area contributed by atoms with Crippen molar-refractivity contribution in [3.63, 3.8) is 0 Å². The van der Waals surface area contributed by atoms with Crippen molar-refractivity contribution in [1.82, 2.24) is 9.47 Å². The van der Waals surface area contributed by atoms with Gasteiger partial charge in [0.25, 0.3) is 11.5 Å². The lowest BCUT2D eigenvalue weighted by Gasteiger charge is -2.25. The molecule has 0 radical (unpaired) electrons. The first-order valence-corrected chi connectivity index (χ1v) is 11.4. The molecule has 1 aromatic heterocycles. The molecule has 7 nitrogen and oxygen atoms in total. The van der Waals surface area contributed by atoms with Gasteiger partial charge in [0.1, 0.15) is 6.04 Å². The number of pyridine rings is 1. The summed E-state index contributed by atoms with van der Waals surface area (Å²) in [5, 5.41) is 6.32. The number of carbonyl (C=O) groups is 2. The van der Waals surface area contributed by atoms with E-state index in [2.05, 4.69) is 10.6 Å². The van der Waals surface area contributed by atoms with Crippen LogP contribution < -0.4 is 16.2 Å². The SMILES string of the molecule is O=C(Nc1ccc(-n2ccccc2=O)cc1)[C@@H]1c2ccccc2CN1C(=O)Nc1ccc(Cl)cc1. The monoisotopic (exact) mass is 484 g/mol. The van der Waals surface area contributed by atoms with Crippen LogP contribution in [0.4, 0.5) is 16.2 Å². The van der Waals surface area contributed by atoms with E-state index in [0.29, 0.717) is 28.6 Å². The minimum absolute atomic E-state index is 0.144. The number of nitrogens with zero attached hydrogens (tertiary/aromatic N) is 2. The molecule has 1 aliphatic heterocycles. The molecule has 4 aromatic rings. The van der Waals surface area contributed by atoms with Crippen LogP contribution in [0.25, 0.3) is 5.69 Å². The number of benzene rings is 3. The second-order valence-electron chi connectivity index (χ2n) is 8.11. The zero-order valence-electron chi connectivity index (χ0n) is 18.5. The van der Waals surface area contributed by atoms with Crippen LogP contribution in [0.5, 0.6) is 0 Å². The van der Waals surface area contributed by atoms with Crippen molar-refractivity contribution in [2.45, 2.75) is 12.6 Å². The van der Waals surface area contributed by atoms with Gasteiger partial charge in [0.05, 0.1) is 0 Å². The van der Waals surface area contributed by atoms with Crippen LogP contribution in [0.2, 0.25) is 5.02 Å². The number of hydrogen-bond acceptors (Lipinski definition) is 3. The summed E-state index contributed by atoms with van der Waals surface area (Å²) >= 11 is 5.94. The van der Waals surface area contributed by atoms with Gasteiger partial charge in [0.2, 0.25) is 0 Å². The van der Waals surface area contributed by atoms with Crippen molar-refractivity contribution in [2.24, 2.45) is 0 Å². The minimum atomic E-state index is -0.796. The molecule has 2 heterocycles. The summed E-state index contributed by atoms with van der Waals surface area (Å²) in [6.45, 7) is 0.309. The third-order valence-electron chi connectivity index (χ3n) is 5.84. The molecule has 0 saturated carbocycles. The van der Waals surface area contributed by atoms with E-state index in [1.165, 1.54) is 15.5 Å². The van der Waals surface area contributed by atoms with Crippen molar-refractivity contribution < 1.29 is 9.59 Å². The lowest BCUT2D eigenvalue weighted by atomic mass is 10.0. The average molecular weight is 485 g/mol. The topological polar surface area (TPSA) is 83.4 Å². The van der Waals surface area contributed by atoms with Crippen molar-refractivity contribution >= 4 is 34.9 Å². The Morgan fingerprint density at radius 2 is 1.46 bits per heavy atom. The van der Waals surface area contributed by atoms with Gasteiger partial charge in [0.15, 0.2) is 0 Å². The largest absolute Gasteiger partial charge is 0.324 e. The Kier molecular flexibility index (Phi) is 6.08. The number of hydrogen-bond donors (Lipinski definition) is 2.